The van der Waals surface area contributed by atoms with Gasteiger partial charge in [0.2, 0.25) is 5.75 Å². The number of hydrogen-bond acceptors (Lipinski definition) is 7. The number of amides is 1. The molecule has 0 spiro atoms. The van der Waals surface area contributed by atoms with Gasteiger partial charge in [0.05, 0.1) is 7.11 Å². The molecular formula is C25H31FN2O6. The molecule has 2 aromatic rings. The first-order valence-corrected chi connectivity index (χ1v) is 10.9. The van der Waals surface area contributed by atoms with E-state index in [1.54, 1.807) is 19.9 Å². The maximum absolute atomic E-state index is 14.1. The SMILES string of the molecule is COc1ccnc(C(=O)N[C@@H](C)C(=O)O[C@@H](C)[C@H](c2ccc(C)c(F)c2)C(C)C)c1OC(C)=O. The summed E-state index contributed by atoms with van der Waals surface area (Å²) in [4.78, 5) is 40.9. The smallest absolute Gasteiger partial charge is 0.328 e. The third kappa shape index (κ3) is 6.52. The van der Waals surface area contributed by atoms with Gasteiger partial charge in [0, 0.05) is 25.1 Å². The minimum atomic E-state index is -1.03. The van der Waals surface area contributed by atoms with Gasteiger partial charge in [-0.2, -0.15) is 0 Å². The summed E-state index contributed by atoms with van der Waals surface area (Å²) in [6, 6.07) is 5.38. The van der Waals surface area contributed by atoms with Crippen LogP contribution in [0.2, 0.25) is 0 Å². The van der Waals surface area contributed by atoms with E-state index in [1.807, 2.05) is 19.9 Å². The number of aryl methyl sites for hydroxylation is 1. The van der Waals surface area contributed by atoms with Gasteiger partial charge in [-0.1, -0.05) is 26.0 Å². The average molecular weight is 475 g/mol. The molecule has 34 heavy (non-hydrogen) atoms. The lowest BCUT2D eigenvalue weighted by Gasteiger charge is -2.29. The Kier molecular flexibility index (Phi) is 9.11. The molecule has 0 aliphatic carbocycles. The molecule has 0 aliphatic rings. The first-order chi connectivity index (χ1) is 16.0. The second-order valence-corrected chi connectivity index (χ2v) is 8.40. The Morgan fingerprint density at radius 1 is 1.09 bits per heavy atom. The zero-order valence-corrected chi connectivity index (χ0v) is 20.5. The maximum Gasteiger partial charge on any atom is 0.328 e. The number of halogens is 1. The lowest BCUT2D eigenvalue weighted by Crippen LogP contribution is -2.42. The van der Waals surface area contributed by atoms with E-state index < -0.39 is 30.0 Å². The molecule has 1 N–H and O–H groups in total. The molecule has 3 atom stereocenters. The highest BCUT2D eigenvalue weighted by Gasteiger charge is 2.30. The summed E-state index contributed by atoms with van der Waals surface area (Å²) in [6.45, 7) is 9.99. The van der Waals surface area contributed by atoms with Gasteiger partial charge in [0.25, 0.3) is 5.91 Å². The Labute approximate surface area is 198 Å². The molecule has 8 nitrogen and oxygen atoms in total. The van der Waals surface area contributed by atoms with Gasteiger partial charge in [0.1, 0.15) is 18.0 Å². The van der Waals surface area contributed by atoms with E-state index in [2.05, 4.69) is 10.3 Å². The number of hydrogen-bond donors (Lipinski definition) is 1. The lowest BCUT2D eigenvalue weighted by atomic mass is 9.84. The van der Waals surface area contributed by atoms with Crippen LogP contribution >= 0.6 is 0 Å². The molecule has 9 heteroatoms. The van der Waals surface area contributed by atoms with Gasteiger partial charge in [-0.05, 0) is 43.9 Å². The molecule has 0 saturated heterocycles. The Morgan fingerprint density at radius 2 is 1.76 bits per heavy atom. The largest absolute Gasteiger partial charge is 0.493 e. The molecule has 0 aliphatic heterocycles. The first-order valence-electron chi connectivity index (χ1n) is 10.9. The Balaban J connectivity index is 2.15. The van der Waals surface area contributed by atoms with E-state index in [4.69, 9.17) is 14.2 Å². The van der Waals surface area contributed by atoms with E-state index in [0.29, 0.717) is 5.56 Å². The Morgan fingerprint density at radius 3 is 2.32 bits per heavy atom. The summed E-state index contributed by atoms with van der Waals surface area (Å²) in [7, 11) is 1.36. The predicted molar refractivity (Wildman–Crippen MR) is 123 cm³/mol. The van der Waals surface area contributed by atoms with Crippen molar-refractivity contribution in [2.24, 2.45) is 5.92 Å². The molecule has 0 fully saturated rings. The van der Waals surface area contributed by atoms with E-state index in [9.17, 15) is 18.8 Å². The van der Waals surface area contributed by atoms with Gasteiger partial charge in [-0.15, -0.1) is 0 Å². The van der Waals surface area contributed by atoms with Crippen molar-refractivity contribution in [3.05, 3.63) is 53.1 Å². The minimum Gasteiger partial charge on any atom is -0.493 e. The quantitative estimate of drug-likeness (QED) is 0.549. The monoisotopic (exact) mass is 474 g/mol. The van der Waals surface area contributed by atoms with Crippen molar-refractivity contribution in [3.8, 4) is 11.5 Å². The van der Waals surface area contributed by atoms with E-state index in [0.717, 1.165) is 5.56 Å². The molecule has 0 radical (unpaired) electrons. The third-order valence-electron chi connectivity index (χ3n) is 5.36. The molecule has 1 heterocycles. The summed E-state index contributed by atoms with van der Waals surface area (Å²) in [5.74, 6) is -2.59. The normalized spacial score (nSPS) is 13.6. The molecule has 1 aromatic carbocycles. The Bertz CT molecular complexity index is 1060. The number of ether oxygens (including phenoxy) is 3. The number of nitrogens with zero attached hydrogens (tertiary/aromatic N) is 1. The fraction of sp³-hybridized carbons (Fsp3) is 0.440. The summed E-state index contributed by atoms with van der Waals surface area (Å²) < 4.78 is 30.0. The molecule has 0 unspecified atom stereocenters. The van der Waals surface area contributed by atoms with E-state index in [-0.39, 0.29) is 34.8 Å². The number of pyridine rings is 1. The van der Waals surface area contributed by atoms with Crippen LogP contribution < -0.4 is 14.8 Å². The molecular weight excluding hydrogens is 443 g/mol. The molecule has 184 valence electrons. The van der Waals surface area contributed by atoms with E-state index >= 15 is 0 Å². The summed E-state index contributed by atoms with van der Waals surface area (Å²) >= 11 is 0. The Hall–Kier alpha value is -3.49. The van der Waals surface area contributed by atoms with E-state index in [1.165, 1.54) is 39.3 Å². The number of benzene rings is 1. The molecule has 1 amide bonds. The van der Waals surface area contributed by atoms with Gasteiger partial charge < -0.3 is 19.5 Å². The summed E-state index contributed by atoms with van der Waals surface area (Å²) in [5, 5.41) is 2.51. The predicted octanol–water partition coefficient (Wildman–Crippen LogP) is 3.95. The van der Waals surface area contributed by atoms with Crippen molar-refractivity contribution in [2.45, 2.75) is 59.6 Å². The van der Waals surface area contributed by atoms with Crippen LogP contribution in [-0.4, -0.2) is 42.1 Å². The third-order valence-corrected chi connectivity index (χ3v) is 5.36. The number of aromatic nitrogens is 1. The number of carbonyl (C=O) groups excluding carboxylic acids is 3. The van der Waals surface area contributed by atoms with Crippen molar-refractivity contribution in [2.75, 3.05) is 7.11 Å². The maximum atomic E-state index is 14.1. The standard InChI is InChI=1S/C25H31FN2O6/c1-13(2)21(18-9-8-14(3)19(26)12-18)16(5)33-25(31)15(4)28-24(30)22-23(34-17(6)29)20(32-7)10-11-27-22/h8-13,15-16,21H,1-7H3,(H,28,30)/t15-,16-,21+/m0/s1. The highest BCUT2D eigenvalue weighted by molar-refractivity contribution is 5.98. The van der Waals surface area contributed by atoms with Gasteiger partial charge >= 0.3 is 11.9 Å². The average Bonchev–Trinajstić information content (AvgIpc) is 2.75. The second-order valence-electron chi connectivity index (χ2n) is 8.40. The van der Waals surface area contributed by atoms with Crippen LogP contribution in [0, 0.1) is 18.7 Å². The van der Waals surface area contributed by atoms with Crippen molar-refractivity contribution in [3.63, 3.8) is 0 Å². The van der Waals surface area contributed by atoms with Gasteiger partial charge in [0.15, 0.2) is 11.4 Å². The van der Waals surface area contributed by atoms with Crippen LogP contribution in [-0.2, 0) is 14.3 Å². The van der Waals surface area contributed by atoms with Crippen LogP contribution in [0.25, 0.3) is 0 Å². The second kappa shape index (κ2) is 11.6. The zero-order valence-electron chi connectivity index (χ0n) is 20.5. The van der Waals surface area contributed by atoms with Crippen LogP contribution in [0.15, 0.2) is 30.5 Å². The van der Waals surface area contributed by atoms with Crippen molar-refractivity contribution in [1.82, 2.24) is 10.3 Å². The van der Waals surface area contributed by atoms with Crippen molar-refractivity contribution < 1.29 is 33.0 Å². The lowest BCUT2D eigenvalue weighted by molar-refractivity contribution is -0.151. The van der Waals surface area contributed by atoms with Gasteiger partial charge in [-0.25, -0.2) is 14.2 Å². The highest BCUT2D eigenvalue weighted by Crippen LogP contribution is 2.32. The molecule has 2 rings (SSSR count). The van der Waals surface area contributed by atoms with Crippen molar-refractivity contribution >= 4 is 17.8 Å². The fourth-order valence-electron chi connectivity index (χ4n) is 3.69. The fourth-order valence-corrected chi connectivity index (χ4v) is 3.69. The van der Waals surface area contributed by atoms with Crippen LogP contribution in [0.3, 0.4) is 0 Å². The minimum absolute atomic E-state index is 0.0575. The summed E-state index contributed by atoms with van der Waals surface area (Å²) in [6.07, 6.45) is 0.736. The van der Waals surface area contributed by atoms with Crippen LogP contribution in [0.5, 0.6) is 11.5 Å². The number of methoxy groups -OCH3 is 1. The number of carbonyl (C=O) groups is 3. The summed E-state index contributed by atoms with van der Waals surface area (Å²) in [5.41, 5.74) is 1.05. The number of esters is 2. The topological polar surface area (TPSA) is 104 Å². The molecule has 0 saturated carbocycles. The van der Waals surface area contributed by atoms with Crippen molar-refractivity contribution in [1.29, 1.82) is 0 Å². The molecule has 0 bridgehead atoms. The van der Waals surface area contributed by atoms with Crippen LogP contribution in [0.4, 0.5) is 4.39 Å². The van der Waals surface area contributed by atoms with Gasteiger partial charge in [-0.3, -0.25) is 9.59 Å². The first kappa shape index (κ1) is 26.8. The number of rotatable bonds is 9. The van der Waals surface area contributed by atoms with Crippen LogP contribution in [0.1, 0.15) is 62.2 Å². The number of nitrogens with one attached hydrogen (secondary N) is 1. The molecule has 1 aromatic heterocycles. The highest BCUT2D eigenvalue weighted by atomic mass is 19.1. The zero-order chi connectivity index (χ0) is 25.6.